The number of allylic oxidation sites excluding steroid dienone is 2. The van der Waals surface area contributed by atoms with Crippen molar-refractivity contribution >= 4 is 0 Å². The Morgan fingerprint density at radius 2 is 1.39 bits per heavy atom. The molecule has 2 aromatic rings. The van der Waals surface area contributed by atoms with Crippen molar-refractivity contribution in [2.75, 3.05) is 0 Å². The Labute approximate surface area is 140 Å². The number of rotatable bonds is 2. The number of hydrogen-bond donors (Lipinski definition) is 0. The fraction of sp³-hybridized carbons (Fsp3) is 0.391. The average Bonchev–Trinajstić information content (AvgIpc) is 3.08. The van der Waals surface area contributed by atoms with Crippen LogP contribution in [0.2, 0.25) is 0 Å². The molecule has 0 N–H and O–H groups in total. The molecule has 0 nitrogen and oxygen atoms in total. The van der Waals surface area contributed by atoms with E-state index in [1.165, 1.54) is 41.5 Å². The zero-order chi connectivity index (χ0) is 16.1. The SMILES string of the molecule is Cc1ccc2c(c1)C(C1=C(C(C)C)CCC1)c1cc(C)ccc1-2. The van der Waals surface area contributed by atoms with Crippen molar-refractivity contribution < 1.29 is 0 Å². The van der Waals surface area contributed by atoms with Crippen molar-refractivity contribution in [2.45, 2.75) is 52.9 Å². The molecular weight excluding hydrogens is 276 g/mol. The maximum absolute atomic E-state index is 2.43. The van der Waals surface area contributed by atoms with Crippen LogP contribution in [0.25, 0.3) is 11.1 Å². The van der Waals surface area contributed by atoms with Gasteiger partial charge in [0.15, 0.2) is 0 Å². The molecule has 2 aromatic carbocycles. The molecule has 0 heterocycles. The predicted octanol–water partition coefficient (Wildman–Crippen LogP) is 6.55. The predicted molar refractivity (Wildman–Crippen MR) is 98.9 cm³/mol. The summed E-state index contributed by atoms with van der Waals surface area (Å²) in [6.07, 6.45) is 3.91. The molecule has 0 unspecified atom stereocenters. The second-order valence-corrected chi connectivity index (χ2v) is 7.67. The average molecular weight is 302 g/mol. The highest BCUT2D eigenvalue weighted by molar-refractivity contribution is 5.81. The maximum Gasteiger partial charge on any atom is 0.0314 e. The molecule has 0 heteroatoms. The summed E-state index contributed by atoms with van der Waals surface area (Å²) in [5.41, 5.74) is 12.2. The zero-order valence-corrected chi connectivity index (χ0v) is 14.7. The van der Waals surface area contributed by atoms with Gasteiger partial charge in [0.1, 0.15) is 0 Å². The first-order valence-electron chi connectivity index (χ1n) is 8.99. The molecule has 0 fully saturated rings. The summed E-state index contributed by atoms with van der Waals surface area (Å²) in [6, 6.07) is 14.1. The summed E-state index contributed by atoms with van der Waals surface area (Å²) < 4.78 is 0. The van der Waals surface area contributed by atoms with Crippen LogP contribution in [-0.4, -0.2) is 0 Å². The van der Waals surface area contributed by atoms with E-state index in [1.807, 2.05) is 0 Å². The van der Waals surface area contributed by atoms with Crippen LogP contribution in [-0.2, 0) is 0 Å². The van der Waals surface area contributed by atoms with Gasteiger partial charge < -0.3 is 0 Å². The Bertz CT molecular complexity index is 753. The minimum atomic E-state index is 0.500. The second kappa shape index (κ2) is 5.37. The Morgan fingerprint density at radius 3 is 1.91 bits per heavy atom. The largest absolute Gasteiger partial charge is 0.0675 e. The first kappa shape index (κ1) is 14.8. The lowest BCUT2D eigenvalue weighted by atomic mass is 9.84. The Kier molecular flexibility index (Phi) is 3.44. The molecular formula is C23H26. The van der Waals surface area contributed by atoms with Crippen LogP contribution in [0.3, 0.4) is 0 Å². The minimum Gasteiger partial charge on any atom is -0.0675 e. The smallest absolute Gasteiger partial charge is 0.0314 e. The standard InChI is InChI=1S/C23H26/c1-14(2)17-6-5-7-20(17)23-21-12-15(3)8-10-18(21)19-11-9-16(4)13-22(19)23/h8-14,23H,5-7H2,1-4H3. The summed E-state index contributed by atoms with van der Waals surface area (Å²) in [4.78, 5) is 0. The number of hydrogen-bond acceptors (Lipinski definition) is 0. The van der Waals surface area contributed by atoms with Crippen molar-refractivity contribution in [3.05, 3.63) is 69.8 Å². The minimum absolute atomic E-state index is 0.500. The summed E-state index contributed by atoms with van der Waals surface area (Å²) in [5, 5.41) is 0. The van der Waals surface area contributed by atoms with Crippen molar-refractivity contribution in [3.8, 4) is 11.1 Å². The van der Waals surface area contributed by atoms with Crippen LogP contribution in [0.4, 0.5) is 0 Å². The molecule has 0 aromatic heterocycles. The number of fused-ring (bicyclic) bond motifs is 3. The number of benzene rings is 2. The fourth-order valence-corrected chi connectivity index (χ4v) is 4.66. The van der Waals surface area contributed by atoms with Crippen LogP contribution < -0.4 is 0 Å². The number of aryl methyl sites for hydroxylation is 2. The van der Waals surface area contributed by atoms with Gasteiger partial charge in [0.2, 0.25) is 0 Å². The molecule has 23 heavy (non-hydrogen) atoms. The molecule has 0 spiro atoms. The van der Waals surface area contributed by atoms with E-state index in [1.54, 1.807) is 22.3 Å². The lowest BCUT2D eigenvalue weighted by molar-refractivity contribution is 0.720. The van der Waals surface area contributed by atoms with E-state index in [9.17, 15) is 0 Å². The third-order valence-corrected chi connectivity index (χ3v) is 5.68. The van der Waals surface area contributed by atoms with Gasteiger partial charge in [0.25, 0.3) is 0 Å². The van der Waals surface area contributed by atoms with Gasteiger partial charge in [-0.05, 0) is 61.3 Å². The molecule has 0 aliphatic heterocycles. The summed E-state index contributed by atoms with van der Waals surface area (Å²) in [7, 11) is 0. The zero-order valence-electron chi connectivity index (χ0n) is 14.7. The summed E-state index contributed by atoms with van der Waals surface area (Å²) >= 11 is 0. The molecule has 0 saturated heterocycles. The van der Waals surface area contributed by atoms with Crippen LogP contribution >= 0.6 is 0 Å². The molecule has 2 aliphatic rings. The molecule has 0 radical (unpaired) electrons. The highest BCUT2D eigenvalue weighted by Crippen LogP contribution is 2.52. The maximum atomic E-state index is 2.43. The normalized spacial score (nSPS) is 17.1. The van der Waals surface area contributed by atoms with E-state index in [0.717, 1.165) is 0 Å². The Hall–Kier alpha value is -1.82. The van der Waals surface area contributed by atoms with Gasteiger partial charge in [-0.25, -0.2) is 0 Å². The van der Waals surface area contributed by atoms with Gasteiger partial charge in [-0.3, -0.25) is 0 Å². The third-order valence-electron chi connectivity index (χ3n) is 5.68. The van der Waals surface area contributed by atoms with Gasteiger partial charge in [0.05, 0.1) is 0 Å². The molecule has 0 saturated carbocycles. The monoisotopic (exact) mass is 302 g/mol. The van der Waals surface area contributed by atoms with Crippen molar-refractivity contribution in [2.24, 2.45) is 5.92 Å². The van der Waals surface area contributed by atoms with Gasteiger partial charge in [-0.1, -0.05) is 72.5 Å². The van der Waals surface area contributed by atoms with Crippen LogP contribution in [0.5, 0.6) is 0 Å². The Balaban J connectivity index is 1.98. The van der Waals surface area contributed by atoms with E-state index in [4.69, 9.17) is 0 Å². The second-order valence-electron chi connectivity index (χ2n) is 7.67. The van der Waals surface area contributed by atoms with Gasteiger partial charge in [-0.15, -0.1) is 0 Å². The molecule has 0 amide bonds. The van der Waals surface area contributed by atoms with Crippen LogP contribution in [0.1, 0.15) is 61.3 Å². The van der Waals surface area contributed by atoms with E-state index in [2.05, 4.69) is 64.1 Å². The first-order chi connectivity index (χ1) is 11.1. The Morgan fingerprint density at radius 1 is 0.826 bits per heavy atom. The highest BCUT2D eigenvalue weighted by atomic mass is 14.4. The van der Waals surface area contributed by atoms with E-state index in [-0.39, 0.29) is 0 Å². The first-order valence-corrected chi connectivity index (χ1v) is 8.99. The van der Waals surface area contributed by atoms with Crippen LogP contribution in [0, 0.1) is 19.8 Å². The topological polar surface area (TPSA) is 0 Å². The summed E-state index contributed by atoms with van der Waals surface area (Å²) in [5.74, 6) is 1.18. The lowest BCUT2D eigenvalue weighted by Gasteiger charge is -2.20. The van der Waals surface area contributed by atoms with Gasteiger partial charge in [-0.2, -0.15) is 0 Å². The van der Waals surface area contributed by atoms with E-state index < -0.39 is 0 Å². The quantitative estimate of drug-likeness (QED) is 0.552. The van der Waals surface area contributed by atoms with E-state index >= 15 is 0 Å². The van der Waals surface area contributed by atoms with Crippen LogP contribution in [0.15, 0.2) is 47.5 Å². The summed E-state index contributed by atoms with van der Waals surface area (Å²) in [6.45, 7) is 9.17. The third kappa shape index (κ3) is 2.27. The molecule has 4 rings (SSSR count). The lowest BCUT2D eigenvalue weighted by Crippen LogP contribution is -2.04. The molecule has 0 bridgehead atoms. The van der Waals surface area contributed by atoms with Gasteiger partial charge >= 0.3 is 0 Å². The van der Waals surface area contributed by atoms with Crippen molar-refractivity contribution in [3.63, 3.8) is 0 Å². The van der Waals surface area contributed by atoms with Crippen molar-refractivity contribution in [1.29, 1.82) is 0 Å². The molecule has 2 aliphatic carbocycles. The molecule has 118 valence electrons. The van der Waals surface area contributed by atoms with Crippen molar-refractivity contribution in [1.82, 2.24) is 0 Å². The fourth-order valence-electron chi connectivity index (χ4n) is 4.66. The molecule has 0 atom stereocenters. The highest BCUT2D eigenvalue weighted by Gasteiger charge is 2.34. The van der Waals surface area contributed by atoms with Gasteiger partial charge in [0, 0.05) is 5.92 Å². The van der Waals surface area contributed by atoms with E-state index in [0.29, 0.717) is 11.8 Å².